The number of carbonyl (C=O) groups excluding carboxylic acids is 2. The lowest BCUT2D eigenvalue weighted by Gasteiger charge is -2.45. The zero-order valence-electron chi connectivity index (χ0n) is 17.5. The number of piperazine rings is 2. The molecule has 0 bridgehead atoms. The van der Waals surface area contributed by atoms with Crippen molar-refractivity contribution in [2.75, 3.05) is 19.6 Å². The molecule has 0 aliphatic carbocycles. The number of hydrogen-bond donors (Lipinski definition) is 2. The summed E-state index contributed by atoms with van der Waals surface area (Å²) < 4.78 is 0. The highest BCUT2D eigenvalue weighted by Gasteiger charge is 2.43. The minimum atomic E-state index is -0.567. The van der Waals surface area contributed by atoms with Gasteiger partial charge in [-0.15, -0.1) is 11.3 Å². The van der Waals surface area contributed by atoms with Crippen molar-refractivity contribution in [3.8, 4) is 17.0 Å². The van der Waals surface area contributed by atoms with E-state index in [1.54, 1.807) is 40.5 Å². The molecule has 2 aliphatic heterocycles. The number of nitrogens with zero attached hydrogens (tertiary/aromatic N) is 3. The summed E-state index contributed by atoms with van der Waals surface area (Å²) in [6.07, 6.45) is 0.416. The standard InChI is InChI=1S/C24H24N4O3S/c29-18-8-6-16(7-9-18)12-19-24(31)28-11-10-27(13-21(28)23(30)26-19)14-22-25-20(15-32-22)17-4-2-1-3-5-17/h1-9,15,19,21,29H,10-14H2,(H,26,30)/t19-,21+/m0/s1. The average Bonchev–Trinajstić information content (AvgIpc) is 3.28. The first kappa shape index (κ1) is 20.7. The van der Waals surface area contributed by atoms with Crippen LogP contribution in [0.25, 0.3) is 11.3 Å². The maximum Gasteiger partial charge on any atom is 0.246 e. The highest BCUT2D eigenvalue weighted by Crippen LogP contribution is 2.24. The number of carbonyl (C=O) groups is 2. The van der Waals surface area contributed by atoms with Crippen LogP contribution in [0.4, 0.5) is 0 Å². The molecule has 2 N–H and O–H groups in total. The van der Waals surface area contributed by atoms with Gasteiger partial charge in [0.15, 0.2) is 0 Å². The molecule has 0 spiro atoms. The van der Waals surface area contributed by atoms with Gasteiger partial charge in [-0.2, -0.15) is 0 Å². The van der Waals surface area contributed by atoms with Gasteiger partial charge in [0.05, 0.1) is 12.2 Å². The Bertz CT molecular complexity index is 1120. The predicted octanol–water partition coefficient (Wildman–Crippen LogP) is 2.27. The topological polar surface area (TPSA) is 85.8 Å². The van der Waals surface area contributed by atoms with Gasteiger partial charge in [0.1, 0.15) is 22.8 Å². The molecule has 2 amide bonds. The minimum Gasteiger partial charge on any atom is -0.508 e. The van der Waals surface area contributed by atoms with E-state index < -0.39 is 12.1 Å². The highest BCUT2D eigenvalue weighted by molar-refractivity contribution is 7.09. The van der Waals surface area contributed by atoms with Gasteiger partial charge < -0.3 is 15.3 Å². The molecule has 2 aromatic carbocycles. The van der Waals surface area contributed by atoms with Crippen LogP contribution >= 0.6 is 11.3 Å². The number of benzene rings is 2. The number of thiazole rings is 1. The molecule has 2 fully saturated rings. The second-order valence-corrected chi connectivity index (χ2v) is 9.15. The van der Waals surface area contributed by atoms with Gasteiger partial charge in [-0.25, -0.2) is 4.98 Å². The first-order valence-electron chi connectivity index (χ1n) is 10.7. The van der Waals surface area contributed by atoms with Gasteiger partial charge in [-0.05, 0) is 17.7 Å². The van der Waals surface area contributed by atoms with Gasteiger partial charge in [-0.1, -0.05) is 42.5 Å². The van der Waals surface area contributed by atoms with E-state index in [0.29, 0.717) is 32.6 Å². The van der Waals surface area contributed by atoms with Crippen LogP contribution in [0, 0.1) is 0 Å². The predicted molar refractivity (Wildman–Crippen MR) is 122 cm³/mol. The Balaban J connectivity index is 1.22. The molecule has 164 valence electrons. The fourth-order valence-electron chi connectivity index (χ4n) is 4.32. The number of phenols is 1. The van der Waals surface area contributed by atoms with Crippen LogP contribution < -0.4 is 5.32 Å². The van der Waals surface area contributed by atoms with E-state index in [1.807, 2.05) is 30.3 Å². The van der Waals surface area contributed by atoms with Crippen molar-refractivity contribution < 1.29 is 14.7 Å². The van der Waals surface area contributed by atoms with E-state index >= 15 is 0 Å². The van der Waals surface area contributed by atoms with Crippen molar-refractivity contribution in [3.05, 3.63) is 70.5 Å². The van der Waals surface area contributed by atoms with Crippen LogP contribution in [0.5, 0.6) is 5.75 Å². The quantitative estimate of drug-likeness (QED) is 0.626. The third-order valence-electron chi connectivity index (χ3n) is 6.02. The molecule has 5 rings (SSSR count). The van der Waals surface area contributed by atoms with Crippen LogP contribution in [-0.2, 0) is 22.6 Å². The number of rotatable bonds is 5. The highest BCUT2D eigenvalue weighted by atomic mass is 32.1. The number of hydrogen-bond acceptors (Lipinski definition) is 6. The van der Waals surface area contributed by atoms with Crippen LogP contribution in [0.2, 0.25) is 0 Å². The third kappa shape index (κ3) is 4.24. The van der Waals surface area contributed by atoms with Gasteiger partial charge in [0, 0.05) is 37.0 Å². The Hall–Kier alpha value is -3.23. The monoisotopic (exact) mass is 448 g/mol. The van der Waals surface area contributed by atoms with Crippen LogP contribution in [0.3, 0.4) is 0 Å². The summed E-state index contributed by atoms with van der Waals surface area (Å²) in [5.41, 5.74) is 2.96. The Morgan fingerprint density at radius 2 is 1.84 bits per heavy atom. The van der Waals surface area contributed by atoms with Crippen molar-refractivity contribution in [2.24, 2.45) is 0 Å². The number of phenolic OH excluding ortho intramolecular Hbond substituents is 1. The number of nitrogens with one attached hydrogen (secondary N) is 1. The van der Waals surface area contributed by atoms with Crippen LogP contribution in [-0.4, -0.2) is 63.4 Å². The molecule has 2 aliphatic rings. The van der Waals surface area contributed by atoms with Gasteiger partial charge >= 0.3 is 0 Å². The van der Waals surface area contributed by atoms with E-state index in [2.05, 4.69) is 15.6 Å². The molecule has 0 radical (unpaired) electrons. The fourth-order valence-corrected chi connectivity index (χ4v) is 5.17. The molecule has 7 nitrogen and oxygen atoms in total. The Morgan fingerprint density at radius 3 is 2.62 bits per heavy atom. The van der Waals surface area contributed by atoms with Crippen LogP contribution in [0.15, 0.2) is 60.0 Å². The smallest absolute Gasteiger partial charge is 0.246 e. The first-order valence-corrected chi connectivity index (χ1v) is 11.6. The summed E-state index contributed by atoms with van der Waals surface area (Å²) in [6, 6.07) is 15.8. The van der Waals surface area contributed by atoms with Crippen molar-refractivity contribution in [3.63, 3.8) is 0 Å². The summed E-state index contributed by atoms with van der Waals surface area (Å²) >= 11 is 1.62. The lowest BCUT2D eigenvalue weighted by Crippen LogP contribution is -2.69. The summed E-state index contributed by atoms with van der Waals surface area (Å²) in [5, 5.41) is 15.4. The molecule has 3 heterocycles. The third-order valence-corrected chi connectivity index (χ3v) is 6.85. The second-order valence-electron chi connectivity index (χ2n) is 8.21. The van der Waals surface area contributed by atoms with Crippen molar-refractivity contribution >= 4 is 23.2 Å². The Kier molecular flexibility index (Phi) is 5.63. The number of aromatic nitrogens is 1. The summed E-state index contributed by atoms with van der Waals surface area (Å²) in [5.74, 6) is 0.0326. The lowest BCUT2D eigenvalue weighted by atomic mass is 9.98. The van der Waals surface area contributed by atoms with E-state index in [-0.39, 0.29) is 17.6 Å². The van der Waals surface area contributed by atoms with Crippen molar-refractivity contribution in [1.82, 2.24) is 20.1 Å². The minimum absolute atomic E-state index is 0.0389. The normalized spacial score (nSPS) is 21.3. The van der Waals surface area contributed by atoms with Crippen LogP contribution in [0.1, 0.15) is 10.6 Å². The van der Waals surface area contributed by atoms with Crippen molar-refractivity contribution in [1.29, 1.82) is 0 Å². The SMILES string of the molecule is O=C1N[C@@H](Cc2ccc(O)cc2)C(=O)N2CCN(Cc3nc(-c4ccccc4)cs3)C[C@H]12. The molecule has 8 heteroatoms. The molecular formula is C24H24N4O3S. The molecule has 3 aromatic rings. The first-order chi connectivity index (χ1) is 15.6. The van der Waals surface area contributed by atoms with E-state index in [0.717, 1.165) is 21.8 Å². The molecule has 0 saturated carbocycles. The van der Waals surface area contributed by atoms with E-state index in [4.69, 9.17) is 4.98 Å². The number of amides is 2. The largest absolute Gasteiger partial charge is 0.508 e. The van der Waals surface area contributed by atoms with Gasteiger partial charge in [0.25, 0.3) is 0 Å². The number of fused-ring (bicyclic) bond motifs is 1. The zero-order chi connectivity index (χ0) is 22.1. The molecular weight excluding hydrogens is 424 g/mol. The van der Waals surface area contributed by atoms with E-state index in [1.165, 1.54) is 0 Å². The zero-order valence-corrected chi connectivity index (χ0v) is 18.3. The molecule has 2 atom stereocenters. The molecule has 1 aromatic heterocycles. The van der Waals surface area contributed by atoms with Gasteiger partial charge in [-0.3, -0.25) is 14.5 Å². The maximum atomic E-state index is 13.0. The van der Waals surface area contributed by atoms with E-state index in [9.17, 15) is 14.7 Å². The fraction of sp³-hybridized carbons (Fsp3) is 0.292. The van der Waals surface area contributed by atoms with Crippen molar-refractivity contribution in [2.45, 2.75) is 25.0 Å². The summed E-state index contributed by atoms with van der Waals surface area (Å²) in [4.78, 5) is 34.5. The average molecular weight is 449 g/mol. The maximum absolute atomic E-state index is 13.0. The summed E-state index contributed by atoms with van der Waals surface area (Å²) in [7, 11) is 0. The molecule has 2 saturated heterocycles. The lowest BCUT2D eigenvalue weighted by molar-refractivity contribution is -0.153. The number of aromatic hydroxyl groups is 1. The molecule has 32 heavy (non-hydrogen) atoms. The molecule has 0 unspecified atom stereocenters. The second kappa shape index (κ2) is 8.72. The summed E-state index contributed by atoms with van der Waals surface area (Å²) in [6.45, 7) is 2.41. The Labute approximate surface area is 190 Å². The Morgan fingerprint density at radius 1 is 1.06 bits per heavy atom. The van der Waals surface area contributed by atoms with Gasteiger partial charge in [0.2, 0.25) is 11.8 Å².